The molecule has 1 aliphatic carbocycles. The molecule has 3 aromatic rings. The Hall–Kier alpha value is -2.61. The Morgan fingerprint density at radius 1 is 1.14 bits per heavy atom. The summed E-state index contributed by atoms with van der Waals surface area (Å²) < 4.78 is 40.7. The van der Waals surface area contributed by atoms with Crippen LogP contribution in [0.3, 0.4) is 0 Å². The molecule has 1 N–H and O–H groups in total. The molecule has 0 saturated heterocycles. The summed E-state index contributed by atoms with van der Waals surface area (Å²) in [6, 6.07) is 11.6. The van der Waals surface area contributed by atoms with E-state index in [2.05, 4.69) is 32.4 Å². The van der Waals surface area contributed by atoms with Crippen molar-refractivity contribution in [1.29, 1.82) is 0 Å². The topological polar surface area (TPSA) is 46.9 Å². The van der Waals surface area contributed by atoms with Crippen LogP contribution in [0.15, 0.2) is 53.1 Å². The summed E-state index contributed by atoms with van der Waals surface area (Å²) in [5, 5.41) is 6.85. The van der Waals surface area contributed by atoms with Gasteiger partial charge in [-0.2, -0.15) is 18.3 Å². The Labute approximate surface area is 167 Å². The first-order valence-corrected chi connectivity index (χ1v) is 9.42. The Bertz CT molecular complexity index is 1060. The molecule has 0 spiro atoms. The van der Waals surface area contributed by atoms with Crippen LogP contribution in [0.5, 0.6) is 0 Å². The van der Waals surface area contributed by atoms with Gasteiger partial charge in [-0.05, 0) is 42.2 Å². The molecule has 0 atom stereocenters. The lowest BCUT2D eigenvalue weighted by molar-refractivity contribution is -0.138. The normalized spacial score (nSPS) is 13.0. The molecule has 1 amide bonds. The number of fused-ring (bicyclic) bond motifs is 3. The minimum atomic E-state index is -4.51. The second-order valence-corrected chi connectivity index (χ2v) is 7.43. The van der Waals surface area contributed by atoms with E-state index in [1.807, 2.05) is 18.2 Å². The number of benzene rings is 2. The number of nitrogens with one attached hydrogen (secondary N) is 1. The molecule has 4 nitrogen and oxygen atoms in total. The molecule has 4 rings (SSSR count). The van der Waals surface area contributed by atoms with Gasteiger partial charge in [-0.3, -0.25) is 9.48 Å². The Balaban J connectivity index is 1.56. The van der Waals surface area contributed by atoms with Crippen molar-refractivity contribution in [3.05, 3.63) is 69.8 Å². The Morgan fingerprint density at radius 3 is 2.68 bits per heavy atom. The number of hydrogen-bond donors (Lipinski definition) is 1. The molecule has 0 unspecified atom stereocenters. The summed E-state index contributed by atoms with van der Waals surface area (Å²) in [6.07, 6.45) is -1.000. The number of nitrogens with zero attached hydrogens (tertiary/aromatic N) is 2. The maximum atomic E-state index is 13.0. The van der Waals surface area contributed by atoms with E-state index in [0.717, 1.165) is 35.7 Å². The van der Waals surface area contributed by atoms with Gasteiger partial charge < -0.3 is 5.32 Å². The molecule has 1 aromatic heterocycles. The van der Waals surface area contributed by atoms with E-state index in [0.29, 0.717) is 0 Å². The number of aryl methyl sites for hydroxylation is 2. The van der Waals surface area contributed by atoms with Gasteiger partial charge in [0.2, 0.25) is 5.91 Å². The standard InChI is InChI=1S/C20H15BrF3N3O/c21-17-8-7-14(9-16(17)20(22,23)24)26-18(28)11-27-19-13(10-25-27)6-5-12-3-1-2-4-15(12)19/h1-4,7-10H,5-6,11H2,(H,26,28). The first kappa shape index (κ1) is 18.7. The second kappa shape index (κ2) is 7.09. The van der Waals surface area contributed by atoms with Crippen LogP contribution in [0.25, 0.3) is 11.3 Å². The minimum absolute atomic E-state index is 0.0734. The zero-order valence-corrected chi connectivity index (χ0v) is 16.1. The molecule has 0 bridgehead atoms. The smallest absolute Gasteiger partial charge is 0.324 e. The number of amides is 1. The van der Waals surface area contributed by atoms with Gasteiger partial charge in [-0.25, -0.2) is 0 Å². The molecule has 2 aromatic carbocycles. The van der Waals surface area contributed by atoms with Gasteiger partial charge in [-0.15, -0.1) is 0 Å². The Morgan fingerprint density at radius 2 is 1.89 bits per heavy atom. The summed E-state index contributed by atoms with van der Waals surface area (Å²) in [4.78, 5) is 12.5. The van der Waals surface area contributed by atoms with Crippen LogP contribution >= 0.6 is 15.9 Å². The molecule has 0 radical (unpaired) electrons. The third-order valence-corrected chi connectivity index (χ3v) is 5.39. The summed E-state index contributed by atoms with van der Waals surface area (Å²) in [6.45, 7) is -0.0823. The molecule has 144 valence electrons. The fraction of sp³-hybridized carbons (Fsp3) is 0.200. The van der Waals surface area contributed by atoms with Crippen molar-refractivity contribution >= 4 is 27.5 Å². The van der Waals surface area contributed by atoms with Crippen molar-refractivity contribution in [1.82, 2.24) is 9.78 Å². The summed E-state index contributed by atoms with van der Waals surface area (Å²) in [7, 11) is 0. The van der Waals surface area contributed by atoms with Crippen molar-refractivity contribution < 1.29 is 18.0 Å². The molecular weight excluding hydrogens is 435 g/mol. The number of anilines is 1. The predicted molar refractivity (Wildman–Crippen MR) is 103 cm³/mol. The highest BCUT2D eigenvalue weighted by atomic mass is 79.9. The van der Waals surface area contributed by atoms with Gasteiger partial charge in [0.05, 0.1) is 17.5 Å². The lowest BCUT2D eigenvalue weighted by atomic mass is 9.90. The van der Waals surface area contributed by atoms with Crippen LogP contribution in [0.1, 0.15) is 16.7 Å². The van der Waals surface area contributed by atoms with E-state index in [1.54, 1.807) is 10.9 Å². The van der Waals surface area contributed by atoms with Gasteiger partial charge in [0, 0.05) is 15.7 Å². The maximum absolute atomic E-state index is 13.0. The summed E-state index contributed by atoms with van der Waals surface area (Å²) in [5.41, 5.74) is 3.44. The van der Waals surface area contributed by atoms with E-state index < -0.39 is 17.6 Å². The van der Waals surface area contributed by atoms with Crippen LogP contribution < -0.4 is 5.32 Å². The zero-order chi connectivity index (χ0) is 19.9. The van der Waals surface area contributed by atoms with Gasteiger partial charge in [0.1, 0.15) is 6.54 Å². The molecule has 28 heavy (non-hydrogen) atoms. The van der Waals surface area contributed by atoms with Crippen LogP contribution in [-0.2, 0) is 30.4 Å². The lowest BCUT2D eigenvalue weighted by Gasteiger charge is -2.18. The van der Waals surface area contributed by atoms with E-state index in [9.17, 15) is 18.0 Å². The van der Waals surface area contributed by atoms with Crippen LogP contribution in [-0.4, -0.2) is 15.7 Å². The van der Waals surface area contributed by atoms with Gasteiger partial charge in [-0.1, -0.05) is 40.2 Å². The molecular formula is C20H15BrF3N3O. The maximum Gasteiger partial charge on any atom is 0.417 e. The number of carbonyl (C=O) groups excluding carboxylic acids is 1. The van der Waals surface area contributed by atoms with Crippen molar-refractivity contribution in [2.75, 3.05) is 5.32 Å². The van der Waals surface area contributed by atoms with Gasteiger partial charge in [0.15, 0.2) is 0 Å². The highest BCUT2D eigenvalue weighted by Gasteiger charge is 2.33. The van der Waals surface area contributed by atoms with Crippen molar-refractivity contribution in [3.8, 4) is 11.3 Å². The predicted octanol–water partition coefficient (Wildman–Crippen LogP) is 5.07. The largest absolute Gasteiger partial charge is 0.417 e. The van der Waals surface area contributed by atoms with E-state index in [4.69, 9.17) is 0 Å². The fourth-order valence-corrected chi connectivity index (χ4v) is 3.91. The van der Waals surface area contributed by atoms with Crippen molar-refractivity contribution in [3.63, 3.8) is 0 Å². The fourth-order valence-electron chi connectivity index (χ4n) is 3.43. The number of halogens is 4. The average molecular weight is 450 g/mol. The monoisotopic (exact) mass is 449 g/mol. The molecule has 1 heterocycles. The summed E-state index contributed by atoms with van der Waals surface area (Å²) >= 11 is 2.89. The van der Waals surface area contributed by atoms with Crippen LogP contribution in [0, 0.1) is 0 Å². The SMILES string of the molecule is O=C(Cn1ncc2c1-c1ccccc1CC2)Nc1ccc(Br)c(C(F)(F)F)c1. The number of aromatic nitrogens is 2. The van der Waals surface area contributed by atoms with Gasteiger partial charge in [0.25, 0.3) is 0 Å². The number of rotatable bonds is 3. The molecule has 0 saturated carbocycles. The summed E-state index contributed by atoms with van der Waals surface area (Å²) in [5.74, 6) is -0.440. The van der Waals surface area contributed by atoms with E-state index in [1.165, 1.54) is 17.7 Å². The second-order valence-electron chi connectivity index (χ2n) is 6.57. The molecule has 8 heteroatoms. The third kappa shape index (κ3) is 3.56. The Kier molecular flexibility index (Phi) is 4.74. The number of carbonyl (C=O) groups is 1. The highest BCUT2D eigenvalue weighted by Crippen LogP contribution is 2.36. The third-order valence-electron chi connectivity index (χ3n) is 4.70. The zero-order valence-electron chi connectivity index (χ0n) is 14.6. The number of alkyl halides is 3. The lowest BCUT2D eigenvalue weighted by Crippen LogP contribution is -2.21. The number of hydrogen-bond acceptors (Lipinski definition) is 2. The van der Waals surface area contributed by atoms with Crippen molar-refractivity contribution in [2.24, 2.45) is 0 Å². The van der Waals surface area contributed by atoms with Crippen LogP contribution in [0.4, 0.5) is 18.9 Å². The van der Waals surface area contributed by atoms with E-state index >= 15 is 0 Å². The first-order chi connectivity index (χ1) is 13.3. The first-order valence-electron chi connectivity index (χ1n) is 8.62. The molecule has 0 fully saturated rings. The molecule has 1 aliphatic rings. The van der Waals surface area contributed by atoms with Crippen LogP contribution in [0.2, 0.25) is 0 Å². The average Bonchev–Trinajstić information content (AvgIpc) is 3.05. The minimum Gasteiger partial charge on any atom is -0.324 e. The van der Waals surface area contributed by atoms with Crippen molar-refractivity contribution in [2.45, 2.75) is 25.6 Å². The van der Waals surface area contributed by atoms with E-state index in [-0.39, 0.29) is 16.7 Å². The highest BCUT2D eigenvalue weighted by molar-refractivity contribution is 9.10. The molecule has 0 aliphatic heterocycles. The van der Waals surface area contributed by atoms with Gasteiger partial charge >= 0.3 is 6.18 Å². The quantitative estimate of drug-likeness (QED) is 0.606.